The van der Waals surface area contributed by atoms with Gasteiger partial charge in [0.05, 0.1) is 6.54 Å². The fourth-order valence-electron chi connectivity index (χ4n) is 2.00. The van der Waals surface area contributed by atoms with Gasteiger partial charge in [0.2, 0.25) is 5.91 Å². The molecule has 1 atom stereocenters. The molecule has 1 amide bonds. The Kier molecular flexibility index (Phi) is 3.58. The predicted octanol–water partition coefficient (Wildman–Crippen LogP) is 0.828. The highest BCUT2D eigenvalue weighted by atomic mass is 32.1. The van der Waals surface area contributed by atoms with Crippen molar-refractivity contribution < 1.29 is 4.79 Å². The maximum absolute atomic E-state index is 11.8. The van der Waals surface area contributed by atoms with E-state index in [0.717, 1.165) is 17.2 Å². The molecule has 0 radical (unpaired) electrons. The minimum absolute atomic E-state index is 0.194. The van der Waals surface area contributed by atoms with Gasteiger partial charge in [0.25, 0.3) is 0 Å². The molecule has 0 aromatic carbocycles. The summed E-state index contributed by atoms with van der Waals surface area (Å²) in [5.41, 5.74) is 3.30. The number of amides is 1. The van der Waals surface area contributed by atoms with E-state index in [1.165, 1.54) is 11.5 Å². The van der Waals surface area contributed by atoms with Gasteiger partial charge < -0.3 is 10.3 Å². The topological polar surface area (TPSA) is 84.1 Å². The summed E-state index contributed by atoms with van der Waals surface area (Å²) in [5.74, 6) is 6.53. The monoisotopic (exact) mass is 255 g/mol. The molecule has 1 saturated heterocycles. The molecule has 0 bridgehead atoms. The summed E-state index contributed by atoms with van der Waals surface area (Å²) in [6, 6.07) is 0. The second kappa shape index (κ2) is 4.97. The number of nitrogens with zero attached hydrogens (tertiary/aromatic N) is 3. The lowest BCUT2D eigenvalue weighted by Gasteiger charge is -2.17. The van der Waals surface area contributed by atoms with Gasteiger partial charge >= 0.3 is 0 Å². The van der Waals surface area contributed by atoms with E-state index in [1.807, 2.05) is 4.90 Å². The van der Waals surface area contributed by atoms with Gasteiger partial charge in [0, 0.05) is 24.5 Å². The van der Waals surface area contributed by atoms with Crippen LogP contribution in [0.25, 0.3) is 0 Å². The SMILES string of the molecule is CC(C)C1CC(=O)N(Cc2nnsc2NN)C1. The summed E-state index contributed by atoms with van der Waals surface area (Å²) in [6.45, 7) is 5.60. The van der Waals surface area contributed by atoms with Gasteiger partial charge in [0.15, 0.2) is 0 Å². The van der Waals surface area contributed by atoms with E-state index in [2.05, 4.69) is 28.9 Å². The molecule has 2 heterocycles. The second-order valence-electron chi connectivity index (χ2n) is 4.68. The van der Waals surface area contributed by atoms with Crippen molar-refractivity contribution in [3.05, 3.63) is 5.69 Å². The lowest BCUT2D eigenvalue weighted by molar-refractivity contribution is -0.128. The Bertz CT molecular complexity index is 405. The molecule has 0 spiro atoms. The van der Waals surface area contributed by atoms with Gasteiger partial charge in [-0.3, -0.25) is 4.79 Å². The van der Waals surface area contributed by atoms with E-state index in [0.29, 0.717) is 24.8 Å². The first kappa shape index (κ1) is 12.3. The van der Waals surface area contributed by atoms with Crippen molar-refractivity contribution in [2.75, 3.05) is 12.0 Å². The Morgan fingerprint density at radius 1 is 1.65 bits per heavy atom. The van der Waals surface area contributed by atoms with E-state index < -0.39 is 0 Å². The quantitative estimate of drug-likeness (QED) is 0.615. The highest BCUT2D eigenvalue weighted by Crippen LogP contribution is 2.27. The first-order valence-electron chi connectivity index (χ1n) is 5.67. The van der Waals surface area contributed by atoms with Gasteiger partial charge in [-0.25, -0.2) is 5.84 Å². The Balaban J connectivity index is 2.03. The molecule has 17 heavy (non-hydrogen) atoms. The van der Waals surface area contributed by atoms with Crippen LogP contribution in [0.3, 0.4) is 0 Å². The first-order valence-corrected chi connectivity index (χ1v) is 6.44. The number of hydrazine groups is 1. The zero-order valence-electron chi connectivity index (χ0n) is 10.0. The van der Waals surface area contributed by atoms with E-state index in [4.69, 9.17) is 5.84 Å². The third-order valence-corrected chi connectivity index (χ3v) is 3.91. The smallest absolute Gasteiger partial charge is 0.223 e. The van der Waals surface area contributed by atoms with Crippen LogP contribution in [-0.2, 0) is 11.3 Å². The first-order chi connectivity index (χ1) is 8.11. The lowest BCUT2D eigenvalue weighted by Crippen LogP contribution is -2.26. The van der Waals surface area contributed by atoms with Crippen LogP contribution in [0.5, 0.6) is 0 Å². The zero-order valence-corrected chi connectivity index (χ0v) is 10.8. The number of nitrogen functional groups attached to an aromatic ring is 1. The fraction of sp³-hybridized carbons (Fsp3) is 0.700. The number of hydrogen-bond acceptors (Lipinski definition) is 6. The molecule has 0 aliphatic carbocycles. The maximum Gasteiger partial charge on any atom is 0.223 e. The van der Waals surface area contributed by atoms with Crippen molar-refractivity contribution in [3.63, 3.8) is 0 Å². The molecule has 1 aliphatic heterocycles. The van der Waals surface area contributed by atoms with Crippen LogP contribution in [-0.4, -0.2) is 26.9 Å². The molecule has 1 unspecified atom stereocenters. The van der Waals surface area contributed by atoms with Crippen LogP contribution < -0.4 is 11.3 Å². The fourth-order valence-corrected chi connectivity index (χ4v) is 2.49. The minimum Gasteiger partial charge on any atom is -0.336 e. The molecule has 6 nitrogen and oxygen atoms in total. The number of carbonyl (C=O) groups excluding carboxylic acids is 1. The summed E-state index contributed by atoms with van der Waals surface area (Å²) < 4.78 is 3.83. The lowest BCUT2D eigenvalue weighted by atomic mass is 9.95. The standard InChI is InChI=1S/C10H17N5OS/c1-6(2)7-3-9(16)15(4-7)5-8-10(12-11)17-14-13-8/h6-7,12H,3-5,11H2,1-2H3. The molecule has 0 saturated carbocycles. The molecule has 1 aromatic heterocycles. The number of rotatable bonds is 4. The molecule has 3 N–H and O–H groups in total. The highest BCUT2D eigenvalue weighted by Gasteiger charge is 2.32. The summed E-state index contributed by atoms with van der Waals surface area (Å²) in [7, 11) is 0. The molecular weight excluding hydrogens is 238 g/mol. The number of hydrogen-bond donors (Lipinski definition) is 2. The van der Waals surface area contributed by atoms with Gasteiger partial charge in [-0.1, -0.05) is 18.3 Å². The Hall–Kier alpha value is -1.21. The highest BCUT2D eigenvalue weighted by molar-refractivity contribution is 7.10. The van der Waals surface area contributed by atoms with E-state index in [9.17, 15) is 4.79 Å². The summed E-state index contributed by atoms with van der Waals surface area (Å²) in [4.78, 5) is 13.7. The Morgan fingerprint density at radius 2 is 2.41 bits per heavy atom. The Labute approximate surface area is 104 Å². The molecule has 2 rings (SSSR count). The average Bonchev–Trinajstić information content (AvgIpc) is 2.87. The minimum atomic E-state index is 0.194. The molecule has 1 aromatic rings. The third kappa shape index (κ3) is 2.55. The van der Waals surface area contributed by atoms with Crippen molar-refractivity contribution in [2.24, 2.45) is 17.7 Å². The zero-order chi connectivity index (χ0) is 12.4. The molecule has 1 aliphatic rings. The van der Waals surface area contributed by atoms with Crippen LogP contribution in [0, 0.1) is 11.8 Å². The van der Waals surface area contributed by atoms with E-state index >= 15 is 0 Å². The van der Waals surface area contributed by atoms with Crippen LogP contribution in [0.4, 0.5) is 5.00 Å². The third-order valence-electron chi connectivity index (χ3n) is 3.21. The predicted molar refractivity (Wildman–Crippen MR) is 66.1 cm³/mol. The molecule has 7 heteroatoms. The van der Waals surface area contributed by atoms with Crippen LogP contribution in [0.15, 0.2) is 0 Å². The number of carbonyl (C=O) groups is 1. The van der Waals surface area contributed by atoms with Crippen molar-refractivity contribution in [1.82, 2.24) is 14.5 Å². The van der Waals surface area contributed by atoms with E-state index in [-0.39, 0.29) is 5.91 Å². The van der Waals surface area contributed by atoms with Crippen LogP contribution in [0.2, 0.25) is 0 Å². The van der Waals surface area contributed by atoms with Crippen molar-refractivity contribution in [3.8, 4) is 0 Å². The average molecular weight is 255 g/mol. The van der Waals surface area contributed by atoms with Gasteiger partial charge in [-0.05, 0) is 11.8 Å². The van der Waals surface area contributed by atoms with Gasteiger partial charge in [-0.2, -0.15) is 0 Å². The van der Waals surface area contributed by atoms with Crippen LogP contribution in [0.1, 0.15) is 26.0 Å². The van der Waals surface area contributed by atoms with Crippen molar-refractivity contribution in [1.29, 1.82) is 0 Å². The van der Waals surface area contributed by atoms with Gasteiger partial charge in [-0.15, -0.1) is 5.10 Å². The number of nitrogens with one attached hydrogen (secondary N) is 1. The number of likely N-dealkylation sites (tertiary alicyclic amines) is 1. The van der Waals surface area contributed by atoms with E-state index in [1.54, 1.807) is 0 Å². The largest absolute Gasteiger partial charge is 0.336 e. The van der Waals surface area contributed by atoms with Crippen molar-refractivity contribution in [2.45, 2.75) is 26.8 Å². The maximum atomic E-state index is 11.8. The summed E-state index contributed by atoms with van der Waals surface area (Å²) >= 11 is 1.21. The number of anilines is 1. The Morgan fingerprint density at radius 3 is 3.00 bits per heavy atom. The normalized spacial score (nSPS) is 20.4. The molecule has 1 fully saturated rings. The second-order valence-corrected chi connectivity index (χ2v) is 5.43. The van der Waals surface area contributed by atoms with Crippen LogP contribution >= 0.6 is 11.5 Å². The van der Waals surface area contributed by atoms with Gasteiger partial charge in [0.1, 0.15) is 10.7 Å². The molecule has 94 valence electrons. The number of nitrogens with two attached hydrogens (primary N) is 1. The summed E-state index contributed by atoms with van der Waals surface area (Å²) in [6.07, 6.45) is 0.640. The molecular formula is C10H17N5OS. The van der Waals surface area contributed by atoms with Crippen molar-refractivity contribution >= 4 is 22.4 Å². The summed E-state index contributed by atoms with van der Waals surface area (Å²) in [5, 5.41) is 4.71. The number of aromatic nitrogens is 2.